The smallest absolute Gasteiger partial charge is 0.126 e. The summed E-state index contributed by atoms with van der Waals surface area (Å²) in [6.07, 6.45) is 3.53. The lowest BCUT2D eigenvalue weighted by molar-refractivity contribution is 0.165. The number of hydrogen-bond acceptors (Lipinski definition) is 2. The Morgan fingerprint density at radius 2 is 1.84 bits per heavy atom. The topological polar surface area (TPSA) is 15.3 Å². The van der Waals surface area contributed by atoms with Crippen molar-refractivity contribution < 1.29 is 8.78 Å². The predicted octanol–water partition coefficient (Wildman–Crippen LogP) is 2.88. The molecule has 0 aliphatic carbocycles. The van der Waals surface area contributed by atoms with Gasteiger partial charge in [0.05, 0.1) is 0 Å². The zero-order valence-corrected chi connectivity index (χ0v) is 11.0. The van der Waals surface area contributed by atoms with Crippen LogP contribution in [0.15, 0.2) is 30.9 Å². The minimum Gasteiger partial charge on any atom is -0.314 e. The molecule has 1 aromatic carbocycles. The van der Waals surface area contributed by atoms with Gasteiger partial charge in [-0.1, -0.05) is 6.08 Å². The molecule has 1 aromatic rings. The fourth-order valence-electron chi connectivity index (χ4n) is 2.60. The third kappa shape index (κ3) is 3.85. The van der Waals surface area contributed by atoms with Crippen LogP contribution in [0.5, 0.6) is 0 Å². The second kappa shape index (κ2) is 6.78. The van der Waals surface area contributed by atoms with E-state index < -0.39 is 11.6 Å². The van der Waals surface area contributed by atoms with Gasteiger partial charge in [0, 0.05) is 38.3 Å². The van der Waals surface area contributed by atoms with Crippen LogP contribution in [0.3, 0.4) is 0 Å². The van der Waals surface area contributed by atoms with E-state index in [0.717, 1.165) is 50.7 Å². The highest BCUT2D eigenvalue weighted by Gasteiger charge is 2.22. The molecule has 0 radical (unpaired) electrons. The van der Waals surface area contributed by atoms with E-state index in [1.807, 2.05) is 6.08 Å². The Labute approximate surface area is 113 Å². The molecular formula is C15H20F2N2. The monoisotopic (exact) mass is 266 g/mol. The molecule has 104 valence electrons. The van der Waals surface area contributed by atoms with Crippen LogP contribution in [0.1, 0.15) is 24.4 Å². The van der Waals surface area contributed by atoms with Gasteiger partial charge in [-0.2, -0.15) is 0 Å². The number of nitrogens with one attached hydrogen (secondary N) is 1. The SMILES string of the molecule is C=CCC[C@H](c1cc(F)cc(F)c1)N1CCNCC1. The summed E-state index contributed by atoms with van der Waals surface area (Å²) in [4.78, 5) is 2.29. The second-order valence-electron chi connectivity index (χ2n) is 4.87. The minimum absolute atomic E-state index is 0.0605. The third-order valence-corrected chi connectivity index (χ3v) is 3.51. The Morgan fingerprint density at radius 1 is 1.21 bits per heavy atom. The number of hydrogen-bond donors (Lipinski definition) is 1. The quantitative estimate of drug-likeness (QED) is 0.824. The molecule has 0 bridgehead atoms. The van der Waals surface area contributed by atoms with Crippen molar-refractivity contribution >= 4 is 0 Å². The second-order valence-corrected chi connectivity index (χ2v) is 4.87. The molecule has 0 aromatic heterocycles. The number of halogens is 2. The molecule has 1 heterocycles. The van der Waals surface area contributed by atoms with Gasteiger partial charge < -0.3 is 5.32 Å². The molecule has 1 N–H and O–H groups in total. The first kappa shape index (κ1) is 14.2. The van der Waals surface area contributed by atoms with Crippen molar-refractivity contribution in [3.8, 4) is 0 Å². The average Bonchev–Trinajstić information content (AvgIpc) is 2.39. The summed E-state index contributed by atoms with van der Waals surface area (Å²) in [5.41, 5.74) is 0.723. The zero-order chi connectivity index (χ0) is 13.7. The molecule has 19 heavy (non-hydrogen) atoms. The van der Waals surface area contributed by atoms with Crippen LogP contribution in [0.25, 0.3) is 0 Å². The maximum atomic E-state index is 13.4. The fraction of sp³-hybridized carbons (Fsp3) is 0.467. The van der Waals surface area contributed by atoms with Gasteiger partial charge in [-0.05, 0) is 30.5 Å². The van der Waals surface area contributed by atoms with Gasteiger partial charge >= 0.3 is 0 Å². The molecule has 0 amide bonds. The molecule has 1 aliphatic heterocycles. The normalized spacial score (nSPS) is 18.2. The van der Waals surface area contributed by atoms with Crippen molar-refractivity contribution in [2.75, 3.05) is 26.2 Å². The summed E-state index contributed by atoms with van der Waals surface area (Å²) in [6.45, 7) is 7.37. The Morgan fingerprint density at radius 3 is 2.42 bits per heavy atom. The standard InChI is InChI=1S/C15H20F2N2/c1-2-3-4-15(19-7-5-18-6-8-19)12-9-13(16)11-14(17)10-12/h2,9-11,15,18H,1,3-8H2/t15-/m1/s1. The van der Waals surface area contributed by atoms with Gasteiger partial charge in [-0.15, -0.1) is 6.58 Å². The molecule has 1 fully saturated rings. The van der Waals surface area contributed by atoms with Crippen molar-refractivity contribution in [1.29, 1.82) is 0 Å². The molecule has 1 atom stereocenters. The van der Waals surface area contributed by atoms with Crippen LogP contribution >= 0.6 is 0 Å². The van der Waals surface area contributed by atoms with Gasteiger partial charge in [0.15, 0.2) is 0 Å². The van der Waals surface area contributed by atoms with Gasteiger partial charge in [-0.3, -0.25) is 4.90 Å². The summed E-state index contributed by atoms with van der Waals surface area (Å²) in [5.74, 6) is -1.01. The van der Waals surface area contributed by atoms with E-state index in [9.17, 15) is 8.78 Å². The molecule has 2 rings (SSSR count). The maximum Gasteiger partial charge on any atom is 0.126 e. The van der Waals surface area contributed by atoms with E-state index in [0.29, 0.717) is 0 Å². The van der Waals surface area contributed by atoms with Gasteiger partial charge in [-0.25, -0.2) is 8.78 Å². The van der Waals surface area contributed by atoms with Crippen LogP contribution in [0.4, 0.5) is 8.78 Å². The third-order valence-electron chi connectivity index (χ3n) is 3.51. The summed E-state index contributed by atoms with van der Waals surface area (Å²) in [6, 6.07) is 3.87. The van der Waals surface area contributed by atoms with Gasteiger partial charge in [0.25, 0.3) is 0 Å². The first-order chi connectivity index (χ1) is 9.20. The van der Waals surface area contributed by atoms with E-state index in [4.69, 9.17) is 0 Å². The van der Waals surface area contributed by atoms with E-state index in [2.05, 4.69) is 16.8 Å². The molecular weight excluding hydrogens is 246 g/mol. The first-order valence-corrected chi connectivity index (χ1v) is 6.72. The molecule has 1 saturated heterocycles. The van der Waals surface area contributed by atoms with Crippen molar-refractivity contribution in [1.82, 2.24) is 10.2 Å². The lowest BCUT2D eigenvalue weighted by Crippen LogP contribution is -2.45. The van der Waals surface area contributed by atoms with Crippen molar-refractivity contribution in [2.24, 2.45) is 0 Å². The Kier molecular flexibility index (Phi) is 5.05. The highest BCUT2D eigenvalue weighted by Crippen LogP contribution is 2.27. The molecule has 0 spiro atoms. The molecule has 2 nitrogen and oxygen atoms in total. The highest BCUT2D eigenvalue weighted by molar-refractivity contribution is 5.22. The Hall–Kier alpha value is -1.26. The predicted molar refractivity (Wildman–Crippen MR) is 73.0 cm³/mol. The lowest BCUT2D eigenvalue weighted by atomic mass is 9.99. The van der Waals surface area contributed by atoms with Crippen LogP contribution in [0.2, 0.25) is 0 Å². The molecule has 4 heteroatoms. The molecule has 1 aliphatic rings. The number of rotatable bonds is 5. The van der Waals surface area contributed by atoms with E-state index in [1.54, 1.807) is 0 Å². The zero-order valence-electron chi connectivity index (χ0n) is 11.0. The van der Waals surface area contributed by atoms with E-state index >= 15 is 0 Å². The minimum atomic E-state index is -0.506. The summed E-state index contributed by atoms with van der Waals surface area (Å²) >= 11 is 0. The fourth-order valence-corrected chi connectivity index (χ4v) is 2.60. The largest absolute Gasteiger partial charge is 0.314 e. The van der Waals surface area contributed by atoms with Crippen LogP contribution in [0, 0.1) is 11.6 Å². The Bertz CT molecular complexity index is 408. The van der Waals surface area contributed by atoms with Gasteiger partial charge in [0.1, 0.15) is 11.6 Å². The Balaban J connectivity index is 2.21. The van der Waals surface area contributed by atoms with E-state index in [1.165, 1.54) is 12.1 Å². The van der Waals surface area contributed by atoms with Crippen molar-refractivity contribution in [3.05, 3.63) is 48.1 Å². The van der Waals surface area contributed by atoms with Gasteiger partial charge in [0.2, 0.25) is 0 Å². The lowest BCUT2D eigenvalue weighted by Gasteiger charge is -2.35. The van der Waals surface area contributed by atoms with Crippen molar-refractivity contribution in [3.63, 3.8) is 0 Å². The molecule has 0 unspecified atom stereocenters. The number of nitrogens with zero attached hydrogens (tertiary/aromatic N) is 1. The highest BCUT2D eigenvalue weighted by atomic mass is 19.1. The average molecular weight is 266 g/mol. The first-order valence-electron chi connectivity index (χ1n) is 6.72. The summed E-state index contributed by atoms with van der Waals surface area (Å²) in [5, 5.41) is 3.29. The maximum absolute atomic E-state index is 13.4. The van der Waals surface area contributed by atoms with E-state index in [-0.39, 0.29) is 6.04 Å². The number of allylic oxidation sites excluding steroid dienone is 1. The number of benzene rings is 1. The number of piperazine rings is 1. The summed E-state index contributed by atoms with van der Waals surface area (Å²) < 4.78 is 26.8. The van der Waals surface area contributed by atoms with Crippen LogP contribution in [-0.2, 0) is 0 Å². The van der Waals surface area contributed by atoms with Crippen molar-refractivity contribution in [2.45, 2.75) is 18.9 Å². The van der Waals surface area contributed by atoms with Crippen LogP contribution < -0.4 is 5.32 Å². The van der Waals surface area contributed by atoms with Crippen LogP contribution in [-0.4, -0.2) is 31.1 Å². The molecule has 0 saturated carbocycles. The summed E-state index contributed by atoms with van der Waals surface area (Å²) in [7, 11) is 0.